The lowest BCUT2D eigenvalue weighted by Gasteiger charge is -2.10. The van der Waals surface area contributed by atoms with Crippen LogP contribution in [-0.2, 0) is 23.6 Å². The lowest BCUT2D eigenvalue weighted by Crippen LogP contribution is -2.37. The summed E-state index contributed by atoms with van der Waals surface area (Å²) in [5.74, 6) is -0.202. The number of rotatable bonds is 3. The lowest BCUT2D eigenvalue weighted by atomic mass is 10.5. The molecule has 1 N–H and O–H groups in total. The van der Waals surface area contributed by atoms with Crippen molar-refractivity contribution in [3.63, 3.8) is 0 Å². The Balaban J connectivity index is 3.03. The summed E-state index contributed by atoms with van der Waals surface area (Å²) in [7, 11) is 4.14. The van der Waals surface area contributed by atoms with Crippen LogP contribution in [-0.4, -0.2) is 28.8 Å². The lowest BCUT2D eigenvalue weighted by molar-refractivity contribution is -0.138. The van der Waals surface area contributed by atoms with Crippen molar-refractivity contribution in [2.24, 2.45) is 14.1 Å². The van der Waals surface area contributed by atoms with E-state index in [-0.39, 0.29) is 12.4 Å². The molecule has 0 fully saturated rings. The second-order valence-electron chi connectivity index (χ2n) is 3.20. The van der Waals surface area contributed by atoms with Crippen LogP contribution in [0.1, 0.15) is 0 Å². The first kappa shape index (κ1) is 12.0. The molecule has 7 nitrogen and oxygen atoms in total. The van der Waals surface area contributed by atoms with E-state index >= 15 is 0 Å². The van der Waals surface area contributed by atoms with Crippen molar-refractivity contribution in [1.29, 1.82) is 0 Å². The Morgan fingerprint density at radius 1 is 1.38 bits per heavy atom. The van der Waals surface area contributed by atoms with Gasteiger partial charge in [-0.05, 0) is 0 Å². The molecular formula is C9H13N3O4. The van der Waals surface area contributed by atoms with Gasteiger partial charge in [0.05, 0.1) is 7.11 Å². The standard InChI is InChI=1S/C9H13N3O4/c1-11-6(10-5-8(14)16-3)4-7(13)12(2)9(11)15/h4,10H,5H2,1-3H3. The highest BCUT2D eigenvalue weighted by Crippen LogP contribution is 1.97. The van der Waals surface area contributed by atoms with E-state index in [0.29, 0.717) is 0 Å². The number of carbonyl (C=O) groups excluding carboxylic acids is 1. The van der Waals surface area contributed by atoms with Gasteiger partial charge in [-0.25, -0.2) is 4.79 Å². The predicted octanol–water partition coefficient (Wildman–Crippen LogP) is -1.33. The fourth-order valence-corrected chi connectivity index (χ4v) is 1.14. The van der Waals surface area contributed by atoms with Crippen LogP contribution >= 0.6 is 0 Å². The molecule has 7 heteroatoms. The summed E-state index contributed by atoms with van der Waals surface area (Å²) in [6.45, 7) is -0.100. The quantitative estimate of drug-likeness (QED) is 0.647. The van der Waals surface area contributed by atoms with Crippen molar-refractivity contribution in [2.75, 3.05) is 19.0 Å². The topological polar surface area (TPSA) is 82.3 Å². The van der Waals surface area contributed by atoms with Crippen molar-refractivity contribution in [2.45, 2.75) is 0 Å². The summed E-state index contributed by atoms with van der Waals surface area (Å²) in [5.41, 5.74) is -0.893. The zero-order valence-electron chi connectivity index (χ0n) is 9.31. The molecular weight excluding hydrogens is 214 g/mol. The Kier molecular flexibility index (Phi) is 3.49. The zero-order chi connectivity index (χ0) is 12.3. The average molecular weight is 227 g/mol. The first-order chi connectivity index (χ1) is 7.47. The molecule has 0 aromatic carbocycles. The Hall–Kier alpha value is -2.05. The molecule has 0 aliphatic heterocycles. The second kappa shape index (κ2) is 4.65. The molecule has 0 saturated heterocycles. The van der Waals surface area contributed by atoms with E-state index in [1.165, 1.54) is 31.8 Å². The van der Waals surface area contributed by atoms with Gasteiger partial charge in [-0.2, -0.15) is 0 Å². The minimum atomic E-state index is -0.479. The van der Waals surface area contributed by atoms with Crippen LogP contribution in [0.15, 0.2) is 15.7 Å². The largest absolute Gasteiger partial charge is 0.468 e. The number of methoxy groups -OCH3 is 1. The van der Waals surface area contributed by atoms with Crippen LogP contribution < -0.4 is 16.6 Å². The number of hydrogen-bond acceptors (Lipinski definition) is 5. The molecule has 0 saturated carbocycles. The van der Waals surface area contributed by atoms with E-state index < -0.39 is 17.2 Å². The molecule has 1 rings (SSSR count). The fraction of sp³-hybridized carbons (Fsp3) is 0.444. The molecule has 0 amide bonds. The van der Waals surface area contributed by atoms with Gasteiger partial charge in [-0.3, -0.25) is 18.7 Å². The van der Waals surface area contributed by atoms with Gasteiger partial charge in [0, 0.05) is 20.2 Å². The maximum atomic E-state index is 11.5. The summed E-state index contributed by atoms with van der Waals surface area (Å²) in [6, 6.07) is 1.24. The number of ether oxygens (including phenoxy) is 1. The van der Waals surface area contributed by atoms with Gasteiger partial charge in [0.25, 0.3) is 5.56 Å². The number of nitrogens with zero attached hydrogens (tertiary/aromatic N) is 2. The first-order valence-corrected chi connectivity index (χ1v) is 4.55. The van der Waals surface area contributed by atoms with Gasteiger partial charge in [0.15, 0.2) is 0 Å². The molecule has 0 atom stereocenters. The monoisotopic (exact) mass is 227 g/mol. The Labute approximate surface area is 91.3 Å². The highest BCUT2D eigenvalue weighted by Gasteiger charge is 2.06. The molecule has 0 unspecified atom stereocenters. The Morgan fingerprint density at radius 2 is 2.00 bits per heavy atom. The zero-order valence-corrected chi connectivity index (χ0v) is 9.31. The molecule has 16 heavy (non-hydrogen) atoms. The van der Waals surface area contributed by atoms with Crippen LogP contribution in [0.4, 0.5) is 5.82 Å². The summed E-state index contributed by atoms with van der Waals surface area (Å²) in [6.07, 6.45) is 0. The van der Waals surface area contributed by atoms with Crippen LogP contribution in [0.2, 0.25) is 0 Å². The normalized spacial score (nSPS) is 9.94. The third kappa shape index (κ3) is 2.30. The summed E-state index contributed by atoms with van der Waals surface area (Å²) >= 11 is 0. The van der Waals surface area contributed by atoms with Crippen LogP contribution in [0, 0.1) is 0 Å². The minimum Gasteiger partial charge on any atom is -0.468 e. The van der Waals surface area contributed by atoms with E-state index in [4.69, 9.17) is 0 Å². The van der Waals surface area contributed by atoms with Gasteiger partial charge in [-0.15, -0.1) is 0 Å². The Bertz CT molecular complexity index is 514. The number of aromatic nitrogens is 2. The first-order valence-electron chi connectivity index (χ1n) is 4.55. The molecule has 0 aliphatic rings. The minimum absolute atomic E-state index is 0.100. The van der Waals surface area contributed by atoms with E-state index in [1.807, 2.05) is 0 Å². The van der Waals surface area contributed by atoms with Crippen LogP contribution in [0.25, 0.3) is 0 Å². The molecule has 0 bridgehead atoms. The molecule has 0 aliphatic carbocycles. The fourth-order valence-electron chi connectivity index (χ4n) is 1.14. The van der Waals surface area contributed by atoms with Crippen molar-refractivity contribution >= 4 is 11.8 Å². The highest BCUT2D eigenvalue weighted by atomic mass is 16.5. The third-order valence-corrected chi connectivity index (χ3v) is 2.17. The average Bonchev–Trinajstić information content (AvgIpc) is 2.28. The van der Waals surface area contributed by atoms with Crippen molar-refractivity contribution < 1.29 is 9.53 Å². The van der Waals surface area contributed by atoms with Gasteiger partial charge < -0.3 is 10.1 Å². The van der Waals surface area contributed by atoms with Gasteiger partial charge in [0.1, 0.15) is 12.4 Å². The second-order valence-corrected chi connectivity index (χ2v) is 3.20. The third-order valence-electron chi connectivity index (χ3n) is 2.17. The highest BCUT2D eigenvalue weighted by molar-refractivity contribution is 5.74. The number of nitrogens with one attached hydrogen (secondary N) is 1. The predicted molar refractivity (Wildman–Crippen MR) is 57.4 cm³/mol. The molecule has 88 valence electrons. The number of hydrogen-bond donors (Lipinski definition) is 1. The van der Waals surface area contributed by atoms with Gasteiger partial charge in [0.2, 0.25) is 0 Å². The summed E-state index contributed by atoms with van der Waals surface area (Å²) in [4.78, 5) is 33.7. The molecule has 1 heterocycles. The van der Waals surface area contributed by atoms with Crippen LogP contribution in [0.3, 0.4) is 0 Å². The van der Waals surface area contributed by atoms with E-state index in [2.05, 4.69) is 10.1 Å². The maximum absolute atomic E-state index is 11.5. The molecule has 0 radical (unpaired) electrons. The molecule has 0 spiro atoms. The maximum Gasteiger partial charge on any atom is 0.332 e. The number of carbonyl (C=O) groups is 1. The van der Waals surface area contributed by atoms with E-state index in [9.17, 15) is 14.4 Å². The summed E-state index contributed by atoms with van der Waals surface area (Å²) < 4.78 is 6.64. The smallest absolute Gasteiger partial charge is 0.332 e. The van der Waals surface area contributed by atoms with Crippen LogP contribution in [0.5, 0.6) is 0 Å². The summed E-state index contributed by atoms with van der Waals surface area (Å²) in [5, 5.41) is 2.65. The van der Waals surface area contributed by atoms with E-state index in [0.717, 1.165) is 4.57 Å². The Morgan fingerprint density at radius 3 is 2.56 bits per heavy atom. The van der Waals surface area contributed by atoms with Crippen molar-refractivity contribution in [3.8, 4) is 0 Å². The SMILES string of the molecule is COC(=O)CNc1cc(=O)n(C)c(=O)n1C. The van der Waals surface area contributed by atoms with Crippen molar-refractivity contribution in [3.05, 3.63) is 26.9 Å². The van der Waals surface area contributed by atoms with Gasteiger partial charge in [-0.1, -0.05) is 0 Å². The number of anilines is 1. The van der Waals surface area contributed by atoms with Gasteiger partial charge >= 0.3 is 11.7 Å². The number of esters is 1. The molecule has 1 aromatic rings. The van der Waals surface area contributed by atoms with E-state index in [1.54, 1.807) is 0 Å². The van der Waals surface area contributed by atoms with Crippen molar-refractivity contribution in [1.82, 2.24) is 9.13 Å². The molecule has 1 aromatic heterocycles.